The Hall–Kier alpha value is -3.25. The number of thioether (sulfide) groups is 1. The van der Waals surface area contributed by atoms with Crippen LogP contribution in [0.1, 0.15) is 16.4 Å². The predicted octanol–water partition coefficient (Wildman–Crippen LogP) is 7.65. The zero-order chi connectivity index (χ0) is 24.6. The van der Waals surface area contributed by atoms with Gasteiger partial charge in [0.15, 0.2) is 0 Å². The zero-order valence-electron chi connectivity index (χ0n) is 18.6. The van der Waals surface area contributed by atoms with Crippen LogP contribution in [-0.2, 0) is 16.0 Å². The Kier molecular flexibility index (Phi) is 8.48. The first-order valence-corrected chi connectivity index (χ1v) is 12.5. The molecule has 0 aliphatic heterocycles. The third-order valence-corrected chi connectivity index (χ3v) is 7.13. The quantitative estimate of drug-likeness (QED) is 0.234. The number of halogens is 2. The molecule has 1 atom stereocenters. The topological polar surface area (TPSA) is 58.2 Å². The van der Waals surface area contributed by atoms with E-state index in [9.17, 15) is 9.59 Å². The molecule has 176 valence electrons. The molecule has 4 rings (SSSR count). The van der Waals surface area contributed by atoms with Crippen LogP contribution < -0.4 is 10.6 Å². The number of nitrogens with one attached hydrogen (secondary N) is 2. The van der Waals surface area contributed by atoms with E-state index in [2.05, 4.69) is 10.6 Å². The minimum absolute atomic E-state index is 0.0835. The van der Waals surface area contributed by atoms with Crippen molar-refractivity contribution in [2.75, 3.05) is 10.6 Å². The molecule has 4 aromatic carbocycles. The van der Waals surface area contributed by atoms with E-state index < -0.39 is 5.25 Å². The van der Waals surface area contributed by atoms with Crippen molar-refractivity contribution in [1.82, 2.24) is 0 Å². The summed E-state index contributed by atoms with van der Waals surface area (Å²) in [6, 6.07) is 31.6. The Morgan fingerprint density at radius 1 is 0.714 bits per heavy atom. The second-order valence-corrected chi connectivity index (χ2v) is 9.75. The molecule has 2 amide bonds. The molecular formula is C28H22Cl2N2O2S. The van der Waals surface area contributed by atoms with Gasteiger partial charge in [0.2, 0.25) is 11.8 Å². The number of hydrogen-bond acceptors (Lipinski definition) is 3. The first kappa shape index (κ1) is 24.9. The molecule has 1 unspecified atom stereocenters. The van der Waals surface area contributed by atoms with Gasteiger partial charge in [-0.1, -0.05) is 83.9 Å². The Balaban J connectivity index is 1.45. The lowest BCUT2D eigenvalue weighted by atomic mass is 10.1. The van der Waals surface area contributed by atoms with Crippen molar-refractivity contribution >= 4 is 58.2 Å². The average molecular weight is 521 g/mol. The summed E-state index contributed by atoms with van der Waals surface area (Å²) in [4.78, 5) is 26.5. The molecule has 0 aliphatic rings. The van der Waals surface area contributed by atoms with Crippen molar-refractivity contribution in [3.63, 3.8) is 0 Å². The highest BCUT2D eigenvalue weighted by Gasteiger charge is 2.22. The highest BCUT2D eigenvalue weighted by Crippen LogP contribution is 2.37. The monoisotopic (exact) mass is 520 g/mol. The maximum atomic E-state index is 13.2. The summed E-state index contributed by atoms with van der Waals surface area (Å²) >= 11 is 13.5. The van der Waals surface area contributed by atoms with E-state index in [0.29, 0.717) is 27.8 Å². The molecule has 0 bridgehead atoms. The Labute approximate surface area is 218 Å². The average Bonchev–Trinajstić information content (AvgIpc) is 2.87. The van der Waals surface area contributed by atoms with Crippen LogP contribution in [0.5, 0.6) is 0 Å². The third-order valence-electron chi connectivity index (χ3n) is 5.13. The van der Waals surface area contributed by atoms with Crippen molar-refractivity contribution in [2.24, 2.45) is 0 Å². The predicted molar refractivity (Wildman–Crippen MR) is 145 cm³/mol. The lowest BCUT2D eigenvalue weighted by molar-refractivity contribution is -0.116. The fourth-order valence-electron chi connectivity index (χ4n) is 3.42. The summed E-state index contributed by atoms with van der Waals surface area (Å²) in [7, 11) is 0. The maximum absolute atomic E-state index is 13.2. The SMILES string of the molecule is O=C(Cc1ccccc1)Nc1ccc(SC(C(=O)Nc2ccc(Cl)c(Cl)c2)c2ccccc2)cc1. The fraction of sp³-hybridized carbons (Fsp3) is 0.0714. The van der Waals surface area contributed by atoms with Gasteiger partial charge >= 0.3 is 0 Å². The van der Waals surface area contributed by atoms with Crippen LogP contribution in [0, 0.1) is 0 Å². The van der Waals surface area contributed by atoms with Gasteiger partial charge in [0.1, 0.15) is 5.25 Å². The van der Waals surface area contributed by atoms with E-state index in [1.54, 1.807) is 18.2 Å². The van der Waals surface area contributed by atoms with Gasteiger partial charge in [0.05, 0.1) is 16.5 Å². The molecule has 0 aliphatic carbocycles. The zero-order valence-corrected chi connectivity index (χ0v) is 20.9. The number of carbonyl (C=O) groups is 2. The Morgan fingerprint density at radius 2 is 1.34 bits per heavy atom. The molecule has 0 spiro atoms. The summed E-state index contributed by atoms with van der Waals surface area (Å²) in [6.45, 7) is 0. The van der Waals surface area contributed by atoms with Crippen LogP contribution in [0.25, 0.3) is 0 Å². The van der Waals surface area contributed by atoms with Crippen molar-refractivity contribution in [3.8, 4) is 0 Å². The van der Waals surface area contributed by atoms with Crippen LogP contribution in [-0.4, -0.2) is 11.8 Å². The van der Waals surface area contributed by atoms with Gasteiger partial charge in [0.25, 0.3) is 0 Å². The molecule has 2 N–H and O–H groups in total. The second kappa shape index (κ2) is 11.9. The van der Waals surface area contributed by atoms with Crippen LogP contribution in [0.15, 0.2) is 108 Å². The minimum Gasteiger partial charge on any atom is -0.326 e. The maximum Gasteiger partial charge on any atom is 0.242 e. The summed E-state index contributed by atoms with van der Waals surface area (Å²) < 4.78 is 0. The van der Waals surface area contributed by atoms with E-state index in [1.807, 2.05) is 84.9 Å². The van der Waals surface area contributed by atoms with Crippen molar-refractivity contribution < 1.29 is 9.59 Å². The third kappa shape index (κ3) is 7.12. The second-order valence-electron chi connectivity index (χ2n) is 7.76. The first-order chi connectivity index (χ1) is 17.0. The Morgan fingerprint density at radius 3 is 2.00 bits per heavy atom. The molecule has 0 fully saturated rings. The standard InChI is InChI=1S/C28H22Cl2N2O2S/c29-24-16-13-22(18-25(24)30)32-28(34)27(20-9-5-2-6-10-20)35-23-14-11-21(12-15-23)31-26(33)17-19-7-3-1-4-8-19/h1-16,18,27H,17H2,(H,31,33)(H,32,34). The van der Waals surface area contributed by atoms with Crippen LogP contribution in [0.2, 0.25) is 10.0 Å². The summed E-state index contributed by atoms with van der Waals surface area (Å²) in [6.07, 6.45) is 0.308. The number of anilines is 2. The number of carbonyl (C=O) groups excluding carboxylic acids is 2. The molecule has 4 aromatic rings. The van der Waals surface area contributed by atoms with Crippen LogP contribution in [0.3, 0.4) is 0 Å². The van der Waals surface area contributed by atoms with Gasteiger partial charge < -0.3 is 10.6 Å². The van der Waals surface area contributed by atoms with E-state index >= 15 is 0 Å². The van der Waals surface area contributed by atoms with E-state index in [1.165, 1.54) is 11.8 Å². The molecular weight excluding hydrogens is 499 g/mol. The van der Waals surface area contributed by atoms with Gasteiger partial charge in [-0.15, -0.1) is 11.8 Å². The largest absolute Gasteiger partial charge is 0.326 e. The summed E-state index contributed by atoms with van der Waals surface area (Å²) in [5, 5.41) is 6.15. The summed E-state index contributed by atoms with van der Waals surface area (Å²) in [5.41, 5.74) is 3.10. The molecule has 0 heterocycles. The molecule has 35 heavy (non-hydrogen) atoms. The van der Waals surface area contributed by atoms with Crippen molar-refractivity contribution in [3.05, 3.63) is 124 Å². The molecule has 0 saturated carbocycles. The lowest BCUT2D eigenvalue weighted by Crippen LogP contribution is -2.19. The molecule has 7 heteroatoms. The molecule has 0 radical (unpaired) electrons. The van der Waals surface area contributed by atoms with E-state index in [0.717, 1.165) is 16.0 Å². The number of hydrogen-bond donors (Lipinski definition) is 2. The van der Waals surface area contributed by atoms with Gasteiger partial charge in [-0.2, -0.15) is 0 Å². The van der Waals surface area contributed by atoms with Crippen molar-refractivity contribution in [2.45, 2.75) is 16.6 Å². The highest BCUT2D eigenvalue weighted by atomic mass is 35.5. The highest BCUT2D eigenvalue weighted by molar-refractivity contribution is 8.00. The minimum atomic E-state index is -0.496. The first-order valence-electron chi connectivity index (χ1n) is 10.9. The van der Waals surface area contributed by atoms with Gasteiger partial charge in [-0.3, -0.25) is 9.59 Å². The molecule has 0 aromatic heterocycles. The Bertz CT molecular complexity index is 1300. The fourth-order valence-corrected chi connectivity index (χ4v) is 4.74. The van der Waals surface area contributed by atoms with Crippen LogP contribution >= 0.6 is 35.0 Å². The number of benzene rings is 4. The lowest BCUT2D eigenvalue weighted by Gasteiger charge is -2.17. The van der Waals surface area contributed by atoms with Crippen molar-refractivity contribution in [1.29, 1.82) is 0 Å². The normalized spacial score (nSPS) is 11.5. The molecule has 0 saturated heterocycles. The van der Waals surface area contributed by atoms with Crippen LogP contribution in [0.4, 0.5) is 11.4 Å². The van der Waals surface area contributed by atoms with Gasteiger partial charge in [-0.25, -0.2) is 0 Å². The molecule has 4 nitrogen and oxygen atoms in total. The smallest absolute Gasteiger partial charge is 0.242 e. The van der Waals surface area contributed by atoms with E-state index in [4.69, 9.17) is 23.2 Å². The summed E-state index contributed by atoms with van der Waals surface area (Å²) in [5.74, 6) is -0.264. The van der Waals surface area contributed by atoms with Gasteiger partial charge in [0, 0.05) is 16.3 Å². The van der Waals surface area contributed by atoms with Gasteiger partial charge in [-0.05, 0) is 53.6 Å². The van der Waals surface area contributed by atoms with E-state index in [-0.39, 0.29) is 11.8 Å². The number of rotatable bonds is 8. The number of amides is 2.